The Balaban J connectivity index is 1.80. The Labute approximate surface area is 278 Å². The Bertz CT molecular complexity index is 1720. The minimum atomic E-state index is -4.67. The number of hydrogen-bond donors (Lipinski definition) is 1. The number of anilines is 1. The molecule has 3 aromatic carbocycles. The summed E-state index contributed by atoms with van der Waals surface area (Å²) in [7, 11) is -3.35. The first kappa shape index (κ1) is 35.6. The first-order chi connectivity index (χ1) is 22.3. The highest BCUT2D eigenvalue weighted by molar-refractivity contribution is 7.92. The largest absolute Gasteiger partial charge is 0.495 e. The molecule has 2 amide bonds. The van der Waals surface area contributed by atoms with Crippen molar-refractivity contribution in [1.29, 1.82) is 0 Å². The van der Waals surface area contributed by atoms with Crippen molar-refractivity contribution in [3.05, 3.63) is 92.7 Å². The fourth-order valence-corrected chi connectivity index (χ4v) is 7.30. The molecule has 0 aliphatic heterocycles. The van der Waals surface area contributed by atoms with Gasteiger partial charge in [-0.2, -0.15) is 0 Å². The molecule has 4 rings (SSSR count). The van der Waals surface area contributed by atoms with Crippen LogP contribution >= 0.6 is 11.6 Å². The first-order valence-corrected chi connectivity index (χ1v) is 17.1. The number of nitro groups is 1. The second-order valence-corrected chi connectivity index (χ2v) is 13.7. The van der Waals surface area contributed by atoms with E-state index in [1.54, 1.807) is 6.92 Å². The van der Waals surface area contributed by atoms with Crippen molar-refractivity contribution in [2.45, 2.75) is 75.9 Å². The number of carbonyl (C=O) groups is 2. The number of amides is 2. The van der Waals surface area contributed by atoms with Gasteiger partial charge in [0.05, 0.1) is 22.6 Å². The van der Waals surface area contributed by atoms with E-state index in [2.05, 4.69) is 5.32 Å². The average molecular weight is 689 g/mol. The Morgan fingerprint density at radius 2 is 1.77 bits per heavy atom. The van der Waals surface area contributed by atoms with Crippen LogP contribution in [0.15, 0.2) is 65.6 Å². The van der Waals surface area contributed by atoms with Crippen LogP contribution in [-0.2, 0) is 26.2 Å². The highest BCUT2D eigenvalue weighted by Gasteiger charge is 2.36. The van der Waals surface area contributed by atoms with Gasteiger partial charge in [-0.15, -0.1) is 0 Å². The number of rotatable bonds is 13. The summed E-state index contributed by atoms with van der Waals surface area (Å²) in [5.41, 5.74) is 0.265. The van der Waals surface area contributed by atoms with Crippen molar-refractivity contribution in [1.82, 2.24) is 10.2 Å². The number of halogens is 2. The van der Waals surface area contributed by atoms with Gasteiger partial charge in [-0.1, -0.05) is 56.0 Å². The molecule has 0 heterocycles. The summed E-state index contributed by atoms with van der Waals surface area (Å²) in [5, 5.41) is 14.9. The normalized spacial score (nSPS) is 14.2. The molecule has 0 radical (unpaired) electrons. The van der Waals surface area contributed by atoms with E-state index in [1.807, 2.05) is 0 Å². The lowest BCUT2D eigenvalue weighted by molar-refractivity contribution is -0.385. The highest BCUT2D eigenvalue weighted by Crippen LogP contribution is 2.36. The van der Waals surface area contributed by atoms with E-state index in [0.717, 1.165) is 42.5 Å². The maximum atomic E-state index is 14.4. The third-order valence-corrected chi connectivity index (χ3v) is 10.2. The first-order valence-electron chi connectivity index (χ1n) is 15.3. The topological polar surface area (TPSA) is 139 Å². The van der Waals surface area contributed by atoms with Gasteiger partial charge < -0.3 is 15.0 Å². The third kappa shape index (κ3) is 8.58. The van der Waals surface area contributed by atoms with Crippen LogP contribution in [0.2, 0.25) is 5.02 Å². The lowest BCUT2D eigenvalue weighted by atomic mass is 9.95. The number of carbonyl (C=O) groups excluding carboxylic acids is 2. The van der Waals surface area contributed by atoms with E-state index < -0.39 is 49.8 Å². The molecule has 0 aromatic heterocycles. The Hall–Kier alpha value is -4.23. The maximum absolute atomic E-state index is 14.4. The number of aryl methyl sites for hydroxylation is 1. The molecule has 0 bridgehead atoms. The number of nitrogens with zero attached hydrogens (tertiary/aromatic N) is 3. The molecule has 0 saturated heterocycles. The second-order valence-electron chi connectivity index (χ2n) is 11.4. The van der Waals surface area contributed by atoms with Crippen LogP contribution in [0.25, 0.3) is 0 Å². The molecule has 252 valence electrons. The number of nitrogens with one attached hydrogen (secondary N) is 1. The van der Waals surface area contributed by atoms with Gasteiger partial charge in [0, 0.05) is 29.2 Å². The number of methoxy groups -OCH3 is 1. The molecule has 1 atom stereocenters. The van der Waals surface area contributed by atoms with E-state index in [4.69, 9.17) is 16.3 Å². The quantitative estimate of drug-likeness (QED) is 0.168. The third-order valence-electron chi connectivity index (χ3n) is 8.26. The predicted molar refractivity (Wildman–Crippen MR) is 176 cm³/mol. The van der Waals surface area contributed by atoms with Gasteiger partial charge in [0.2, 0.25) is 11.8 Å². The number of nitro benzene ring substituents is 1. The molecule has 3 aromatic rings. The zero-order valence-corrected chi connectivity index (χ0v) is 28.0. The van der Waals surface area contributed by atoms with Crippen LogP contribution in [0.3, 0.4) is 0 Å². The molecule has 0 spiro atoms. The molecule has 1 saturated carbocycles. The van der Waals surface area contributed by atoms with Crippen LogP contribution in [0.4, 0.5) is 15.8 Å². The van der Waals surface area contributed by atoms with Gasteiger partial charge in [0.15, 0.2) is 0 Å². The summed E-state index contributed by atoms with van der Waals surface area (Å²) in [6.45, 7) is 2.30. The minimum Gasteiger partial charge on any atom is -0.495 e. The van der Waals surface area contributed by atoms with Crippen LogP contribution in [0.5, 0.6) is 5.75 Å². The maximum Gasteiger partial charge on any atom is 0.273 e. The molecule has 11 nitrogen and oxygen atoms in total. The Morgan fingerprint density at radius 1 is 1.09 bits per heavy atom. The summed E-state index contributed by atoms with van der Waals surface area (Å²) in [6.07, 6.45) is 4.88. The number of ether oxygens (including phenoxy) is 1. The molecule has 1 unspecified atom stereocenters. The molecule has 1 fully saturated rings. The second kappa shape index (κ2) is 15.6. The van der Waals surface area contributed by atoms with E-state index >= 15 is 0 Å². The zero-order valence-electron chi connectivity index (χ0n) is 26.4. The lowest BCUT2D eigenvalue weighted by Crippen LogP contribution is -2.54. The van der Waals surface area contributed by atoms with Crippen molar-refractivity contribution >= 4 is 44.8 Å². The van der Waals surface area contributed by atoms with E-state index in [9.17, 15) is 32.5 Å². The molecule has 14 heteroatoms. The summed E-state index contributed by atoms with van der Waals surface area (Å²) < 4.78 is 48.6. The van der Waals surface area contributed by atoms with Gasteiger partial charge in [0.25, 0.3) is 15.7 Å². The highest BCUT2D eigenvalue weighted by atomic mass is 35.5. The van der Waals surface area contributed by atoms with Gasteiger partial charge >= 0.3 is 0 Å². The van der Waals surface area contributed by atoms with E-state index in [0.29, 0.717) is 5.56 Å². The molecular formula is C33H38ClFN4O7S. The molecular weight excluding hydrogens is 651 g/mol. The minimum absolute atomic E-state index is 0.0435. The van der Waals surface area contributed by atoms with Gasteiger partial charge in [-0.3, -0.25) is 24.0 Å². The zero-order chi connectivity index (χ0) is 34.3. The van der Waals surface area contributed by atoms with E-state index in [1.165, 1.54) is 73.5 Å². The monoisotopic (exact) mass is 688 g/mol. The van der Waals surface area contributed by atoms with Crippen molar-refractivity contribution in [3.8, 4) is 5.75 Å². The fraction of sp³-hybridized carbons (Fsp3) is 0.394. The summed E-state index contributed by atoms with van der Waals surface area (Å²) in [4.78, 5) is 39.9. The van der Waals surface area contributed by atoms with Crippen LogP contribution in [0.1, 0.15) is 56.6 Å². The van der Waals surface area contributed by atoms with Crippen molar-refractivity contribution < 1.29 is 32.1 Å². The van der Waals surface area contributed by atoms with Crippen LogP contribution in [0, 0.1) is 22.9 Å². The SMILES string of the molecule is CCC(C(=O)NC1CCCCC1)N(Cc1ccc(F)cc1)C(=O)CN(c1cc(Cl)ccc1OC)S(=O)(=O)c1ccc(C)c([N+](=O)[O-])c1. The average Bonchev–Trinajstić information content (AvgIpc) is 3.04. The van der Waals surface area contributed by atoms with Gasteiger partial charge in [0.1, 0.15) is 24.2 Å². The molecule has 1 aliphatic carbocycles. The smallest absolute Gasteiger partial charge is 0.273 e. The summed E-state index contributed by atoms with van der Waals surface area (Å²) in [6, 6.07) is 12.1. The summed E-state index contributed by atoms with van der Waals surface area (Å²) >= 11 is 6.28. The predicted octanol–water partition coefficient (Wildman–Crippen LogP) is 6.16. The van der Waals surface area contributed by atoms with Gasteiger partial charge in [-0.05, 0) is 68.1 Å². The fourth-order valence-electron chi connectivity index (χ4n) is 5.70. The van der Waals surface area contributed by atoms with E-state index in [-0.39, 0.29) is 46.9 Å². The van der Waals surface area contributed by atoms with Crippen molar-refractivity contribution in [2.24, 2.45) is 0 Å². The van der Waals surface area contributed by atoms with Crippen molar-refractivity contribution in [2.75, 3.05) is 18.0 Å². The number of benzene rings is 3. The number of sulfonamides is 1. The molecule has 47 heavy (non-hydrogen) atoms. The van der Waals surface area contributed by atoms with Crippen LogP contribution < -0.4 is 14.4 Å². The molecule has 1 N–H and O–H groups in total. The Kier molecular flexibility index (Phi) is 11.8. The Morgan fingerprint density at radius 3 is 2.38 bits per heavy atom. The van der Waals surface area contributed by atoms with Crippen molar-refractivity contribution in [3.63, 3.8) is 0 Å². The van der Waals surface area contributed by atoms with Crippen LogP contribution in [-0.4, -0.2) is 55.8 Å². The lowest BCUT2D eigenvalue weighted by Gasteiger charge is -2.34. The molecule has 1 aliphatic rings. The number of hydrogen-bond acceptors (Lipinski definition) is 7. The summed E-state index contributed by atoms with van der Waals surface area (Å²) in [5.74, 6) is -1.53. The standard InChI is InChI=1S/C33H38ClFN4O7S/c1-4-28(33(41)36-26-8-6-5-7-9-26)37(20-23-11-14-25(35)15-12-23)32(40)21-38(30-18-24(34)13-17-31(30)46-3)47(44,45)27-16-10-22(2)29(19-27)39(42)43/h10-19,26,28H,4-9,20-21H2,1-3H3,(H,36,41). The van der Waals surface area contributed by atoms with Gasteiger partial charge in [-0.25, -0.2) is 12.8 Å².